The monoisotopic (exact) mass is 259 g/mol. The van der Waals surface area contributed by atoms with Crippen LogP contribution in [0, 0.1) is 5.41 Å². The Balaban J connectivity index is 4.38. The third-order valence-corrected chi connectivity index (χ3v) is 2.65. The van der Waals surface area contributed by atoms with Gasteiger partial charge in [0, 0.05) is 13.6 Å². The van der Waals surface area contributed by atoms with Gasteiger partial charge < -0.3 is 20.6 Å². The number of nitrogens with zero attached hydrogens (tertiary/aromatic N) is 1. The van der Waals surface area contributed by atoms with Gasteiger partial charge in [-0.05, 0) is 25.4 Å². The average molecular weight is 259 g/mol. The number of carbonyl (C=O) groups is 2. The summed E-state index contributed by atoms with van der Waals surface area (Å²) in [7, 11) is 3.51. The minimum absolute atomic E-state index is 0.353. The zero-order valence-electron chi connectivity index (χ0n) is 11.9. The molecule has 0 aliphatic carbocycles. The molecule has 0 aromatic heterocycles. The van der Waals surface area contributed by atoms with Crippen LogP contribution in [-0.4, -0.2) is 55.2 Å². The molecule has 0 fully saturated rings. The molecule has 0 bridgehead atoms. The Kier molecular flexibility index (Phi) is 6.68. The minimum atomic E-state index is -1.01. The van der Waals surface area contributed by atoms with Gasteiger partial charge in [0.15, 0.2) is 0 Å². The van der Waals surface area contributed by atoms with Crippen molar-refractivity contribution in [2.45, 2.75) is 33.2 Å². The van der Waals surface area contributed by atoms with Crippen LogP contribution in [0.1, 0.15) is 27.2 Å². The van der Waals surface area contributed by atoms with Crippen molar-refractivity contribution in [2.24, 2.45) is 5.41 Å². The lowest BCUT2D eigenvalue weighted by atomic mass is 9.87. The molecule has 0 saturated carbocycles. The molecule has 0 aromatic rings. The molecule has 0 aromatic carbocycles. The van der Waals surface area contributed by atoms with E-state index in [1.165, 1.54) is 4.90 Å². The van der Waals surface area contributed by atoms with Crippen molar-refractivity contribution in [3.63, 3.8) is 0 Å². The molecule has 0 aliphatic rings. The maximum absolute atomic E-state index is 11.8. The van der Waals surface area contributed by atoms with E-state index >= 15 is 0 Å². The highest BCUT2D eigenvalue weighted by atomic mass is 16.4. The first-order valence-corrected chi connectivity index (χ1v) is 6.09. The predicted molar refractivity (Wildman–Crippen MR) is 70.6 cm³/mol. The van der Waals surface area contributed by atoms with Gasteiger partial charge in [-0.2, -0.15) is 0 Å². The highest BCUT2D eigenvalue weighted by molar-refractivity contribution is 5.83. The van der Waals surface area contributed by atoms with Gasteiger partial charge in [0.05, 0.1) is 0 Å². The zero-order valence-corrected chi connectivity index (χ0v) is 11.9. The van der Waals surface area contributed by atoms with Gasteiger partial charge in [-0.15, -0.1) is 0 Å². The van der Waals surface area contributed by atoms with Crippen molar-refractivity contribution in [3.05, 3.63) is 0 Å². The summed E-state index contributed by atoms with van der Waals surface area (Å²) < 4.78 is 0. The number of urea groups is 1. The molecule has 6 heteroatoms. The molecule has 0 unspecified atom stereocenters. The van der Waals surface area contributed by atoms with Crippen LogP contribution in [0.15, 0.2) is 0 Å². The molecule has 2 amide bonds. The summed E-state index contributed by atoms with van der Waals surface area (Å²) in [5, 5.41) is 14.7. The number of hydrogen-bond donors (Lipinski definition) is 3. The van der Waals surface area contributed by atoms with E-state index in [4.69, 9.17) is 5.11 Å². The lowest BCUT2D eigenvalue weighted by Crippen LogP contribution is -2.52. The molecule has 0 rings (SSSR count). The first-order chi connectivity index (χ1) is 8.20. The van der Waals surface area contributed by atoms with E-state index in [1.54, 1.807) is 27.8 Å². The normalized spacial score (nSPS) is 12.9. The minimum Gasteiger partial charge on any atom is -0.480 e. The zero-order chi connectivity index (χ0) is 14.3. The molecule has 18 heavy (non-hydrogen) atoms. The fourth-order valence-electron chi connectivity index (χ4n) is 1.48. The van der Waals surface area contributed by atoms with Crippen molar-refractivity contribution < 1.29 is 14.7 Å². The first kappa shape index (κ1) is 16.7. The van der Waals surface area contributed by atoms with E-state index in [-0.39, 0.29) is 6.03 Å². The van der Waals surface area contributed by atoms with Crippen molar-refractivity contribution in [2.75, 3.05) is 27.2 Å². The van der Waals surface area contributed by atoms with Crippen LogP contribution in [0.3, 0.4) is 0 Å². The van der Waals surface area contributed by atoms with Crippen LogP contribution in [0.25, 0.3) is 0 Å². The van der Waals surface area contributed by atoms with Crippen LogP contribution in [-0.2, 0) is 4.79 Å². The Morgan fingerprint density at radius 2 is 1.89 bits per heavy atom. The summed E-state index contributed by atoms with van der Waals surface area (Å²) in [6, 6.07) is -1.25. The van der Waals surface area contributed by atoms with E-state index in [2.05, 4.69) is 10.6 Å². The van der Waals surface area contributed by atoms with Gasteiger partial charge in [-0.3, -0.25) is 0 Å². The molecular formula is C12H25N3O3. The lowest BCUT2D eigenvalue weighted by molar-refractivity contribution is -0.142. The standard InChI is InChI=1S/C12H25N3O3/c1-12(2,3)9(10(16)17)14-11(18)15(5)8-6-7-13-4/h9,13H,6-8H2,1-5H3,(H,14,18)(H,16,17)/t9-/m1/s1. The molecular weight excluding hydrogens is 234 g/mol. The molecule has 0 spiro atoms. The van der Waals surface area contributed by atoms with Crippen LogP contribution in [0.4, 0.5) is 4.79 Å². The fraction of sp³-hybridized carbons (Fsp3) is 0.833. The SMILES string of the molecule is CNCCCN(C)C(=O)N[C@H](C(=O)O)C(C)(C)C. The summed E-state index contributed by atoms with van der Waals surface area (Å²) >= 11 is 0. The maximum Gasteiger partial charge on any atom is 0.326 e. The quantitative estimate of drug-likeness (QED) is 0.614. The first-order valence-electron chi connectivity index (χ1n) is 6.09. The molecule has 0 saturated heterocycles. The highest BCUT2D eigenvalue weighted by Gasteiger charge is 2.33. The summed E-state index contributed by atoms with van der Waals surface area (Å²) in [6.07, 6.45) is 0.827. The number of carboxylic acid groups (broad SMARTS) is 1. The largest absolute Gasteiger partial charge is 0.480 e. The van der Waals surface area contributed by atoms with Gasteiger partial charge in [0.2, 0.25) is 0 Å². The third kappa shape index (κ3) is 5.86. The van der Waals surface area contributed by atoms with Crippen molar-refractivity contribution in [3.8, 4) is 0 Å². The van der Waals surface area contributed by atoms with Crippen molar-refractivity contribution >= 4 is 12.0 Å². The van der Waals surface area contributed by atoms with Gasteiger partial charge in [-0.25, -0.2) is 9.59 Å². The predicted octanol–water partition coefficient (Wildman–Crippen LogP) is 0.737. The number of hydrogen-bond acceptors (Lipinski definition) is 3. The molecule has 3 N–H and O–H groups in total. The second-order valence-corrected chi connectivity index (χ2v) is 5.47. The number of amides is 2. The molecule has 0 radical (unpaired) electrons. The van der Waals surface area contributed by atoms with E-state index < -0.39 is 17.4 Å². The number of carbonyl (C=O) groups excluding carboxylic acids is 1. The number of nitrogens with one attached hydrogen (secondary N) is 2. The average Bonchev–Trinajstić information content (AvgIpc) is 2.23. The van der Waals surface area contributed by atoms with Crippen LogP contribution in [0.2, 0.25) is 0 Å². The highest BCUT2D eigenvalue weighted by Crippen LogP contribution is 2.19. The summed E-state index contributed by atoms with van der Waals surface area (Å²) in [4.78, 5) is 24.5. The summed E-state index contributed by atoms with van der Waals surface area (Å²) in [6.45, 7) is 6.76. The van der Waals surface area contributed by atoms with Crippen LogP contribution in [0.5, 0.6) is 0 Å². The van der Waals surface area contributed by atoms with Gasteiger partial charge in [0.25, 0.3) is 0 Å². The Labute approximate surface area is 109 Å². The van der Waals surface area contributed by atoms with Gasteiger partial charge in [-0.1, -0.05) is 20.8 Å². The topological polar surface area (TPSA) is 81.7 Å². The van der Waals surface area contributed by atoms with E-state index in [0.29, 0.717) is 6.54 Å². The molecule has 6 nitrogen and oxygen atoms in total. The lowest BCUT2D eigenvalue weighted by Gasteiger charge is -2.29. The number of carboxylic acids is 1. The Hall–Kier alpha value is -1.30. The summed E-state index contributed by atoms with van der Waals surface area (Å²) in [5.41, 5.74) is -0.521. The van der Waals surface area contributed by atoms with Gasteiger partial charge in [0.1, 0.15) is 6.04 Å². The second kappa shape index (κ2) is 7.20. The van der Waals surface area contributed by atoms with Crippen molar-refractivity contribution in [1.29, 1.82) is 0 Å². The van der Waals surface area contributed by atoms with E-state index in [1.807, 2.05) is 7.05 Å². The Morgan fingerprint density at radius 3 is 2.28 bits per heavy atom. The molecule has 1 atom stereocenters. The number of aliphatic carboxylic acids is 1. The Bertz CT molecular complexity index is 287. The molecule has 0 aliphatic heterocycles. The number of rotatable bonds is 6. The van der Waals surface area contributed by atoms with Crippen molar-refractivity contribution in [1.82, 2.24) is 15.5 Å². The fourth-order valence-corrected chi connectivity index (χ4v) is 1.48. The van der Waals surface area contributed by atoms with E-state index in [9.17, 15) is 9.59 Å². The van der Waals surface area contributed by atoms with Crippen LogP contribution < -0.4 is 10.6 Å². The maximum atomic E-state index is 11.8. The third-order valence-electron chi connectivity index (χ3n) is 2.65. The van der Waals surface area contributed by atoms with Crippen LogP contribution >= 0.6 is 0 Å². The molecule has 106 valence electrons. The summed E-state index contributed by atoms with van der Waals surface area (Å²) in [5.74, 6) is -1.01. The van der Waals surface area contributed by atoms with Gasteiger partial charge >= 0.3 is 12.0 Å². The smallest absolute Gasteiger partial charge is 0.326 e. The second-order valence-electron chi connectivity index (χ2n) is 5.47. The molecule has 0 heterocycles. The Morgan fingerprint density at radius 1 is 1.33 bits per heavy atom. The van der Waals surface area contributed by atoms with E-state index in [0.717, 1.165) is 13.0 Å².